The number of thiazole rings is 1. The fourth-order valence-corrected chi connectivity index (χ4v) is 2.38. The predicted molar refractivity (Wildman–Crippen MR) is 74.6 cm³/mol. The van der Waals surface area contributed by atoms with E-state index >= 15 is 0 Å². The van der Waals surface area contributed by atoms with Crippen LogP contribution in [0.25, 0.3) is 10.2 Å². The van der Waals surface area contributed by atoms with Crippen LogP contribution in [0.3, 0.4) is 0 Å². The smallest absolute Gasteiger partial charge is 0.295 e. The topological polar surface area (TPSA) is 54.0 Å². The van der Waals surface area contributed by atoms with Crippen molar-refractivity contribution in [3.63, 3.8) is 0 Å². The Bertz CT molecular complexity index is 552. The monoisotopic (exact) mass is 259 g/mol. The van der Waals surface area contributed by atoms with Gasteiger partial charge in [0.15, 0.2) is 5.13 Å². The molecule has 18 heavy (non-hydrogen) atoms. The van der Waals surface area contributed by atoms with Gasteiger partial charge in [-0.25, -0.2) is 4.98 Å². The third-order valence-corrected chi connectivity index (χ3v) is 3.33. The molecule has 0 fully saturated rings. The van der Waals surface area contributed by atoms with Gasteiger partial charge in [0.05, 0.1) is 10.2 Å². The Morgan fingerprint density at radius 1 is 1.39 bits per heavy atom. The number of nitrogens with zero attached hydrogens (tertiary/aromatic N) is 1. The second kappa shape index (κ2) is 6.03. The normalized spacial score (nSPS) is 9.94. The number of anilines is 1. The Kier molecular flexibility index (Phi) is 4.15. The average molecular weight is 259 g/mol. The summed E-state index contributed by atoms with van der Waals surface area (Å²) in [5, 5.41) is 6.75. The fraction of sp³-hybridized carbons (Fsp3) is 0.231. The van der Waals surface area contributed by atoms with Crippen LogP contribution in [-0.2, 0) is 4.79 Å². The lowest BCUT2D eigenvalue weighted by Crippen LogP contribution is -2.23. The van der Waals surface area contributed by atoms with E-state index in [-0.39, 0.29) is 5.91 Å². The molecule has 0 radical (unpaired) electrons. The number of hydrogen-bond donors (Lipinski definition) is 2. The van der Waals surface area contributed by atoms with Gasteiger partial charge in [-0.2, -0.15) is 0 Å². The van der Waals surface area contributed by atoms with Crippen molar-refractivity contribution in [1.82, 2.24) is 10.3 Å². The number of nitrogens with one attached hydrogen (secondary N) is 2. The highest BCUT2D eigenvalue weighted by Gasteiger charge is 2.01. The van der Waals surface area contributed by atoms with Crippen LogP contribution in [0.15, 0.2) is 24.3 Å². The van der Waals surface area contributed by atoms with E-state index in [1.807, 2.05) is 30.2 Å². The Balaban J connectivity index is 1.77. The number of aromatic nitrogens is 1. The van der Waals surface area contributed by atoms with Gasteiger partial charge in [-0.3, -0.25) is 4.79 Å². The minimum Gasteiger partial charge on any atom is -0.361 e. The van der Waals surface area contributed by atoms with Crippen molar-refractivity contribution in [2.45, 2.75) is 6.42 Å². The van der Waals surface area contributed by atoms with E-state index < -0.39 is 0 Å². The number of rotatable bonds is 5. The maximum Gasteiger partial charge on any atom is 0.295 e. The Morgan fingerprint density at radius 2 is 2.22 bits per heavy atom. The Labute approximate surface area is 109 Å². The highest BCUT2D eigenvalue weighted by Crippen LogP contribution is 2.24. The van der Waals surface area contributed by atoms with Gasteiger partial charge in [0.25, 0.3) is 5.91 Å². The second-order valence-electron chi connectivity index (χ2n) is 3.67. The quantitative estimate of drug-likeness (QED) is 0.636. The van der Waals surface area contributed by atoms with E-state index in [0.29, 0.717) is 6.54 Å². The number of terminal acetylenes is 1. The van der Waals surface area contributed by atoms with Gasteiger partial charge in [-0.15, -0.1) is 6.42 Å². The van der Waals surface area contributed by atoms with Crippen LogP contribution in [0.4, 0.5) is 5.13 Å². The molecule has 1 heterocycles. The molecule has 2 rings (SSSR count). The van der Waals surface area contributed by atoms with Crippen molar-refractivity contribution in [3.05, 3.63) is 24.3 Å². The molecule has 1 amide bonds. The fourth-order valence-electron chi connectivity index (χ4n) is 1.48. The molecule has 0 saturated heterocycles. The summed E-state index contributed by atoms with van der Waals surface area (Å²) < 4.78 is 1.17. The van der Waals surface area contributed by atoms with Crippen molar-refractivity contribution >= 4 is 32.6 Å². The molecule has 2 aromatic rings. The summed E-state index contributed by atoms with van der Waals surface area (Å²) in [7, 11) is 0. The predicted octanol–water partition coefficient (Wildman–Crippen LogP) is 1.85. The van der Waals surface area contributed by atoms with Gasteiger partial charge in [0.1, 0.15) is 0 Å². The Morgan fingerprint density at radius 3 is 3.00 bits per heavy atom. The van der Waals surface area contributed by atoms with E-state index in [1.54, 1.807) is 11.3 Å². The summed E-state index contributed by atoms with van der Waals surface area (Å²) >= 11 is 1.62. The maximum absolute atomic E-state index is 10.8. The molecule has 0 saturated carbocycles. The first-order valence-corrected chi connectivity index (χ1v) is 6.45. The van der Waals surface area contributed by atoms with Crippen molar-refractivity contribution in [3.8, 4) is 12.3 Å². The van der Waals surface area contributed by atoms with Crippen LogP contribution in [0.1, 0.15) is 6.42 Å². The summed E-state index contributed by atoms with van der Waals surface area (Å²) in [5.74, 6) is 1.64. The van der Waals surface area contributed by atoms with Crippen molar-refractivity contribution in [2.24, 2.45) is 0 Å². The molecule has 1 aromatic heterocycles. The van der Waals surface area contributed by atoms with Crippen LogP contribution in [0, 0.1) is 12.3 Å². The lowest BCUT2D eigenvalue weighted by molar-refractivity contribution is -0.115. The number of benzene rings is 1. The highest BCUT2D eigenvalue weighted by molar-refractivity contribution is 7.22. The first kappa shape index (κ1) is 12.4. The zero-order valence-electron chi connectivity index (χ0n) is 9.77. The molecular weight excluding hydrogens is 246 g/mol. The molecule has 0 spiro atoms. The average Bonchev–Trinajstić information content (AvgIpc) is 2.80. The molecule has 0 aliphatic heterocycles. The highest BCUT2D eigenvalue weighted by atomic mass is 32.1. The molecule has 0 unspecified atom stereocenters. The van der Waals surface area contributed by atoms with Crippen LogP contribution in [0.2, 0.25) is 0 Å². The second-order valence-corrected chi connectivity index (χ2v) is 4.70. The number of para-hydroxylation sites is 1. The van der Waals surface area contributed by atoms with Crippen LogP contribution in [0.5, 0.6) is 0 Å². The lowest BCUT2D eigenvalue weighted by atomic mass is 10.3. The number of carbonyl (C=O) groups is 1. The maximum atomic E-state index is 10.8. The molecule has 2 N–H and O–H groups in total. The van der Waals surface area contributed by atoms with Crippen molar-refractivity contribution in [2.75, 3.05) is 18.4 Å². The molecule has 1 aromatic carbocycles. The van der Waals surface area contributed by atoms with Crippen LogP contribution < -0.4 is 10.6 Å². The SMILES string of the molecule is C#CC(=O)NCCCNc1nc2ccccc2s1. The molecule has 0 aliphatic rings. The molecule has 4 nitrogen and oxygen atoms in total. The summed E-state index contributed by atoms with van der Waals surface area (Å²) in [5.41, 5.74) is 1.01. The first-order chi connectivity index (χ1) is 8.79. The van der Waals surface area contributed by atoms with Gasteiger partial charge in [-0.1, -0.05) is 23.5 Å². The van der Waals surface area contributed by atoms with E-state index in [0.717, 1.165) is 23.6 Å². The lowest BCUT2D eigenvalue weighted by Gasteiger charge is -2.02. The van der Waals surface area contributed by atoms with Gasteiger partial charge in [-0.05, 0) is 24.5 Å². The molecule has 0 aliphatic carbocycles. The molecule has 5 heteroatoms. The molecule has 0 atom stereocenters. The number of fused-ring (bicyclic) bond motifs is 1. The van der Waals surface area contributed by atoms with Gasteiger partial charge < -0.3 is 10.6 Å². The van der Waals surface area contributed by atoms with E-state index in [1.165, 1.54) is 4.70 Å². The van der Waals surface area contributed by atoms with Crippen molar-refractivity contribution < 1.29 is 4.79 Å². The zero-order valence-corrected chi connectivity index (χ0v) is 10.6. The standard InChI is InChI=1S/C13H13N3OS/c1-2-12(17)14-8-5-9-15-13-16-10-6-3-4-7-11(10)18-13/h1,3-4,6-7H,5,8-9H2,(H,14,17)(H,15,16). The van der Waals surface area contributed by atoms with Crippen LogP contribution >= 0.6 is 11.3 Å². The zero-order chi connectivity index (χ0) is 12.8. The molecule has 0 bridgehead atoms. The number of amides is 1. The van der Waals surface area contributed by atoms with Gasteiger partial charge in [0.2, 0.25) is 0 Å². The first-order valence-electron chi connectivity index (χ1n) is 5.63. The molecule has 92 valence electrons. The largest absolute Gasteiger partial charge is 0.361 e. The Hall–Kier alpha value is -2.06. The summed E-state index contributed by atoms with van der Waals surface area (Å²) in [6.45, 7) is 1.33. The summed E-state index contributed by atoms with van der Waals surface area (Å²) in [4.78, 5) is 15.2. The summed E-state index contributed by atoms with van der Waals surface area (Å²) in [6.07, 6.45) is 5.74. The van der Waals surface area contributed by atoms with Crippen molar-refractivity contribution in [1.29, 1.82) is 0 Å². The number of carbonyl (C=O) groups excluding carboxylic acids is 1. The third-order valence-electron chi connectivity index (χ3n) is 2.34. The van der Waals surface area contributed by atoms with Crippen LogP contribution in [-0.4, -0.2) is 24.0 Å². The van der Waals surface area contributed by atoms with E-state index in [9.17, 15) is 4.79 Å². The minimum atomic E-state index is -0.366. The van der Waals surface area contributed by atoms with E-state index in [4.69, 9.17) is 6.42 Å². The van der Waals surface area contributed by atoms with E-state index in [2.05, 4.69) is 15.6 Å². The molecular formula is C13H13N3OS. The minimum absolute atomic E-state index is 0.366. The third kappa shape index (κ3) is 3.22. The van der Waals surface area contributed by atoms with Gasteiger partial charge >= 0.3 is 0 Å². The van der Waals surface area contributed by atoms with Gasteiger partial charge in [0, 0.05) is 13.1 Å². The number of hydrogen-bond acceptors (Lipinski definition) is 4. The summed E-state index contributed by atoms with van der Waals surface area (Å²) in [6, 6.07) is 8.01.